The van der Waals surface area contributed by atoms with Crippen LogP contribution in [0.25, 0.3) is 0 Å². The highest BCUT2D eigenvalue weighted by atomic mass is 17.1. The van der Waals surface area contributed by atoms with Crippen molar-refractivity contribution >= 4 is 5.78 Å². The largest absolute Gasteiger partial charge is 0.566 e. The summed E-state index contributed by atoms with van der Waals surface area (Å²) in [5.41, 5.74) is 3.64. The van der Waals surface area contributed by atoms with E-state index in [1.807, 2.05) is 26.8 Å². The first kappa shape index (κ1) is 16.1. The van der Waals surface area contributed by atoms with E-state index in [0.29, 0.717) is 18.4 Å². The van der Waals surface area contributed by atoms with Crippen molar-refractivity contribution < 1.29 is 25.3 Å². The number of rotatable bonds is 5. The zero-order valence-corrected chi connectivity index (χ0v) is 12.5. The van der Waals surface area contributed by atoms with Crippen molar-refractivity contribution in [1.82, 2.24) is 0 Å². The summed E-state index contributed by atoms with van der Waals surface area (Å²) in [4.78, 5) is 16.9. The van der Waals surface area contributed by atoms with Gasteiger partial charge in [-0.05, 0) is 41.7 Å². The first-order valence-corrected chi connectivity index (χ1v) is 6.93. The van der Waals surface area contributed by atoms with Crippen molar-refractivity contribution in [2.45, 2.75) is 40.2 Å². The number of aryl methyl sites for hydroxylation is 1. The number of hydrogen-bond acceptors (Lipinski definition) is 5. The molecule has 1 aliphatic rings. The van der Waals surface area contributed by atoms with E-state index < -0.39 is 10.8 Å². The molecular formula is C15H21NO5. The van der Waals surface area contributed by atoms with Crippen LogP contribution in [0.5, 0.6) is 0 Å². The van der Waals surface area contributed by atoms with Gasteiger partial charge in [0.1, 0.15) is 6.61 Å². The van der Waals surface area contributed by atoms with Gasteiger partial charge in [-0.2, -0.15) is 10.0 Å². The van der Waals surface area contributed by atoms with E-state index in [2.05, 4.69) is 4.84 Å². The minimum absolute atomic E-state index is 0.0410. The summed E-state index contributed by atoms with van der Waals surface area (Å²) in [6, 6.07) is 1.85. The Morgan fingerprint density at radius 2 is 2.10 bits per heavy atom. The van der Waals surface area contributed by atoms with Crippen LogP contribution < -0.4 is 5.39 Å². The Labute approximate surface area is 123 Å². The van der Waals surface area contributed by atoms with E-state index in [1.165, 1.54) is 0 Å². The quantitative estimate of drug-likeness (QED) is 0.688. The molecule has 21 heavy (non-hydrogen) atoms. The maximum atomic E-state index is 12.4. The van der Waals surface area contributed by atoms with Crippen LogP contribution in [0.1, 0.15) is 46.5 Å². The zero-order chi connectivity index (χ0) is 15.8. The third-order valence-corrected chi connectivity index (χ3v) is 4.10. The van der Waals surface area contributed by atoms with Gasteiger partial charge in [-0.3, -0.25) is 4.79 Å². The first-order valence-electron chi connectivity index (χ1n) is 6.93. The Hall–Kier alpha value is -1.31. The molecule has 1 aromatic carbocycles. The molecule has 2 rings (SSSR count). The number of nitrogens with one attached hydrogen (secondary N) is 1. The lowest BCUT2D eigenvalue weighted by Gasteiger charge is -2.17. The van der Waals surface area contributed by atoms with Crippen LogP contribution in [0.3, 0.4) is 0 Å². The fraction of sp³-hybridized carbons (Fsp3) is 0.533. The molecule has 1 atom stereocenters. The number of ketones is 1. The fourth-order valence-electron chi connectivity index (χ4n) is 3.04. The van der Waals surface area contributed by atoms with Crippen LogP contribution in [0, 0.1) is 17.5 Å². The summed E-state index contributed by atoms with van der Waals surface area (Å²) < 4.78 is 0. The molecule has 0 saturated heterocycles. The van der Waals surface area contributed by atoms with Gasteiger partial charge in [0, 0.05) is 17.4 Å². The number of Topliss-reactive ketones (excluding diaryl/α,β-unsaturated/α-hetero) is 1. The first-order chi connectivity index (χ1) is 9.77. The third kappa shape index (κ3) is 3.00. The van der Waals surface area contributed by atoms with Crippen molar-refractivity contribution in [1.29, 1.82) is 0 Å². The number of benzene rings is 1. The van der Waals surface area contributed by atoms with E-state index >= 15 is 0 Å². The molecule has 0 bridgehead atoms. The number of quaternary nitrogens is 1. The van der Waals surface area contributed by atoms with Gasteiger partial charge in [0.05, 0.1) is 6.61 Å². The molecule has 0 spiro atoms. The van der Waals surface area contributed by atoms with E-state index in [-0.39, 0.29) is 19.0 Å². The van der Waals surface area contributed by atoms with Crippen LogP contribution in [0.15, 0.2) is 6.07 Å². The SMILES string of the molecule is Cc1cc2c(c(CO)c1CCO[NH+]([O-])O)CC(C)(C)C2=O. The zero-order valence-electron chi connectivity index (χ0n) is 12.5. The summed E-state index contributed by atoms with van der Waals surface area (Å²) in [6.07, 6.45) is 1.00. The summed E-state index contributed by atoms with van der Waals surface area (Å²) in [6.45, 7) is 5.56. The van der Waals surface area contributed by atoms with Gasteiger partial charge in [-0.1, -0.05) is 19.2 Å². The van der Waals surface area contributed by atoms with Crippen LogP contribution in [0.2, 0.25) is 0 Å². The summed E-state index contributed by atoms with van der Waals surface area (Å²) in [5, 5.41) is 27.4. The van der Waals surface area contributed by atoms with Gasteiger partial charge >= 0.3 is 0 Å². The van der Waals surface area contributed by atoms with Crippen LogP contribution in [-0.4, -0.2) is 22.7 Å². The Bertz CT molecular complexity index is 566. The third-order valence-electron chi connectivity index (χ3n) is 4.10. The smallest absolute Gasteiger partial charge is 0.169 e. The second kappa shape index (κ2) is 5.82. The van der Waals surface area contributed by atoms with Crippen molar-refractivity contribution in [3.05, 3.63) is 39.1 Å². The Balaban J connectivity index is 2.39. The second-order valence-electron chi connectivity index (χ2n) is 6.09. The molecular weight excluding hydrogens is 274 g/mol. The molecule has 3 N–H and O–H groups in total. The van der Waals surface area contributed by atoms with E-state index in [4.69, 9.17) is 5.21 Å². The number of hydrogen-bond donors (Lipinski definition) is 3. The topological polar surface area (TPSA) is 94.3 Å². The highest BCUT2D eigenvalue weighted by Gasteiger charge is 2.39. The molecule has 116 valence electrons. The van der Waals surface area contributed by atoms with Gasteiger partial charge in [0.25, 0.3) is 0 Å². The molecule has 1 unspecified atom stereocenters. The molecule has 0 radical (unpaired) electrons. The standard InChI is InChI=1S/C15H21NO5/c1-9-6-11-12(7-15(2,3)14(11)18)13(8-17)10(9)4-5-21-16(19)20/h6,16-17,19H,4-5,7-8H2,1-3H3. The summed E-state index contributed by atoms with van der Waals surface area (Å²) in [5.74, 6) is 0.101. The van der Waals surface area contributed by atoms with Gasteiger partial charge in [-0.15, -0.1) is 0 Å². The summed E-state index contributed by atoms with van der Waals surface area (Å²) >= 11 is 0. The highest BCUT2D eigenvalue weighted by Crippen LogP contribution is 2.40. The predicted octanol–water partition coefficient (Wildman–Crippen LogP) is 0.498. The molecule has 0 amide bonds. The second-order valence-corrected chi connectivity index (χ2v) is 6.09. The Morgan fingerprint density at radius 3 is 2.67 bits per heavy atom. The number of carbonyl (C=O) groups excluding carboxylic acids is 1. The van der Waals surface area contributed by atoms with Gasteiger partial charge in [0.2, 0.25) is 0 Å². The molecule has 6 nitrogen and oxygen atoms in total. The van der Waals surface area contributed by atoms with Gasteiger partial charge in [-0.25, -0.2) is 0 Å². The molecule has 0 heterocycles. The molecule has 0 saturated carbocycles. The maximum absolute atomic E-state index is 12.4. The highest BCUT2D eigenvalue weighted by molar-refractivity contribution is 6.05. The molecule has 1 aromatic rings. The molecule has 0 aliphatic heterocycles. The van der Waals surface area contributed by atoms with E-state index in [1.54, 1.807) is 0 Å². The fourth-order valence-corrected chi connectivity index (χ4v) is 3.04. The number of aliphatic hydroxyl groups is 1. The molecule has 0 aromatic heterocycles. The number of aliphatic hydroxyl groups excluding tert-OH is 1. The minimum atomic E-state index is -1.31. The number of carbonyl (C=O) groups is 1. The monoisotopic (exact) mass is 295 g/mol. The lowest BCUT2D eigenvalue weighted by atomic mass is 9.88. The number of fused-ring (bicyclic) bond motifs is 1. The van der Waals surface area contributed by atoms with E-state index in [0.717, 1.165) is 22.3 Å². The molecule has 6 heteroatoms. The average Bonchev–Trinajstić information content (AvgIpc) is 2.61. The van der Waals surface area contributed by atoms with Crippen molar-refractivity contribution in [2.24, 2.45) is 5.41 Å². The Morgan fingerprint density at radius 1 is 1.43 bits per heavy atom. The molecule has 0 fully saturated rings. The van der Waals surface area contributed by atoms with Gasteiger partial charge in [0.15, 0.2) is 5.78 Å². The lowest BCUT2D eigenvalue weighted by molar-refractivity contribution is -1.21. The van der Waals surface area contributed by atoms with Crippen molar-refractivity contribution in [2.75, 3.05) is 6.61 Å². The predicted molar refractivity (Wildman–Crippen MR) is 74.7 cm³/mol. The molecule has 1 aliphatic carbocycles. The lowest BCUT2D eigenvalue weighted by Crippen LogP contribution is -3.03. The maximum Gasteiger partial charge on any atom is 0.169 e. The van der Waals surface area contributed by atoms with Crippen molar-refractivity contribution in [3.8, 4) is 0 Å². The average molecular weight is 295 g/mol. The Kier molecular flexibility index (Phi) is 4.46. The minimum Gasteiger partial charge on any atom is -0.566 e. The van der Waals surface area contributed by atoms with Crippen LogP contribution in [0.4, 0.5) is 0 Å². The van der Waals surface area contributed by atoms with Crippen LogP contribution >= 0.6 is 0 Å². The summed E-state index contributed by atoms with van der Waals surface area (Å²) in [7, 11) is 0. The van der Waals surface area contributed by atoms with E-state index in [9.17, 15) is 15.1 Å². The van der Waals surface area contributed by atoms with Crippen LogP contribution in [-0.2, 0) is 24.3 Å². The van der Waals surface area contributed by atoms with Crippen molar-refractivity contribution in [3.63, 3.8) is 0 Å². The normalized spacial score (nSPS) is 17.9. The van der Waals surface area contributed by atoms with Gasteiger partial charge < -0.3 is 10.3 Å².